The highest BCUT2D eigenvalue weighted by molar-refractivity contribution is 6.30. The maximum Gasteiger partial charge on any atom is 0.142 e. The van der Waals surface area contributed by atoms with Crippen LogP contribution in [0.1, 0.15) is 40.5 Å². The van der Waals surface area contributed by atoms with Crippen molar-refractivity contribution < 1.29 is 9.13 Å². The maximum atomic E-state index is 13.1. The van der Waals surface area contributed by atoms with Crippen molar-refractivity contribution in [2.75, 3.05) is 0 Å². The number of ether oxygens (including phenoxy) is 1. The third kappa shape index (κ3) is 3.83. The molecular weight excluding hydrogens is 265 g/mol. The molecule has 2 nitrogen and oxygen atoms in total. The molecular formula is C15H21ClFNO. The second-order valence-corrected chi connectivity index (χ2v) is 7.02. The fraction of sp³-hybridized carbons (Fsp3) is 0.600. The molecule has 1 saturated heterocycles. The van der Waals surface area contributed by atoms with Gasteiger partial charge >= 0.3 is 0 Å². The highest BCUT2D eigenvalue weighted by Gasteiger charge is 2.38. The van der Waals surface area contributed by atoms with Crippen LogP contribution in [0.25, 0.3) is 0 Å². The minimum Gasteiger partial charge on any atom is -0.490 e. The van der Waals surface area contributed by atoms with Crippen molar-refractivity contribution in [2.24, 2.45) is 0 Å². The second-order valence-electron chi connectivity index (χ2n) is 6.62. The molecule has 19 heavy (non-hydrogen) atoms. The predicted octanol–water partition coefficient (Wildman–Crippen LogP) is 4.17. The average molecular weight is 286 g/mol. The lowest BCUT2D eigenvalue weighted by atomic mass is 9.81. The van der Waals surface area contributed by atoms with Gasteiger partial charge in [0.15, 0.2) is 0 Å². The lowest BCUT2D eigenvalue weighted by Crippen LogP contribution is -2.60. The Labute approximate surface area is 119 Å². The summed E-state index contributed by atoms with van der Waals surface area (Å²) in [5.74, 6) is 0.213. The molecule has 1 N–H and O–H groups in total. The Morgan fingerprint density at radius 2 is 1.79 bits per heavy atom. The van der Waals surface area contributed by atoms with E-state index in [0.717, 1.165) is 12.8 Å². The Bertz CT molecular complexity index is 457. The maximum absolute atomic E-state index is 13.1. The van der Waals surface area contributed by atoms with Gasteiger partial charge < -0.3 is 10.1 Å². The van der Waals surface area contributed by atoms with E-state index in [9.17, 15) is 4.39 Å². The van der Waals surface area contributed by atoms with E-state index >= 15 is 0 Å². The molecule has 0 radical (unpaired) electrons. The van der Waals surface area contributed by atoms with E-state index in [1.165, 1.54) is 6.07 Å². The Morgan fingerprint density at radius 3 is 2.32 bits per heavy atom. The van der Waals surface area contributed by atoms with Crippen LogP contribution in [-0.2, 0) is 0 Å². The average Bonchev–Trinajstić information content (AvgIpc) is 2.18. The van der Waals surface area contributed by atoms with Crippen LogP contribution in [0.15, 0.2) is 18.2 Å². The summed E-state index contributed by atoms with van der Waals surface area (Å²) < 4.78 is 19.1. The third-order valence-corrected chi connectivity index (χ3v) is 3.64. The Balaban J connectivity index is 2.11. The molecule has 0 unspecified atom stereocenters. The first-order chi connectivity index (χ1) is 8.67. The molecule has 0 spiro atoms. The van der Waals surface area contributed by atoms with Gasteiger partial charge in [-0.3, -0.25) is 0 Å². The molecule has 0 atom stereocenters. The highest BCUT2D eigenvalue weighted by Crippen LogP contribution is 2.32. The zero-order chi connectivity index (χ0) is 14.3. The SMILES string of the molecule is CC1(C)CC(Oc2ccc(F)c(Cl)c2)CC(C)(C)N1. The van der Waals surface area contributed by atoms with Gasteiger partial charge in [-0.15, -0.1) is 0 Å². The van der Waals surface area contributed by atoms with Gasteiger partial charge in [-0.2, -0.15) is 0 Å². The first kappa shape index (κ1) is 14.6. The van der Waals surface area contributed by atoms with E-state index < -0.39 is 5.82 Å². The molecule has 0 saturated carbocycles. The van der Waals surface area contributed by atoms with E-state index in [0.29, 0.717) is 5.75 Å². The number of benzene rings is 1. The van der Waals surface area contributed by atoms with Gasteiger partial charge in [0.2, 0.25) is 0 Å². The summed E-state index contributed by atoms with van der Waals surface area (Å²) in [5.41, 5.74) is 0.0481. The number of piperidine rings is 1. The highest BCUT2D eigenvalue weighted by atomic mass is 35.5. The van der Waals surface area contributed by atoms with Crippen LogP contribution in [0.5, 0.6) is 5.75 Å². The van der Waals surface area contributed by atoms with E-state index in [4.69, 9.17) is 16.3 Å². The Kier molecular flexibility index (Phi) is 3.80. The summed E-state index contributed by atoms with van der Waals surface area (Å²) in [5, 5.41) is 3.70. The van der Waals surface area contributed by atoms with Crippen molar-refractivity contribution in [3.8, 4) is 5.75 Å². The number of hydrogen-bond acceptors (Lipinski definition) is 2. The molecule has 0 amide bonds. The van der Waals surface area contributed by atoms with Crippen LogP contribution in [0.3, 0.4) is 0 Å². The molecule has 2 rings (SSSR count). The number of nitrogens with one attached hydrogen (secondary N) is 1. The number of halogens is 2. The van der Waals surface area contributed by atoms with Crippen molar-refractivity contribution >= 4 is 11.6 Å². The summed E-state index contributed by atoms with van der Waals surface area (Å²) in [6, 6.07) is 4.51. The molecule has 1 aliphatic heterocycles. The fourth-order valence-electron chi connectivity index (χ4n) is 3.05. The zero-order valence-corrected chi connectivity index (χ0v) is 12.6. The van der Waals surface area contributed by atoms with Crippen molar-refractivity contribution in [1.29, 1.82) is 0 Å². The molecule has 0 aromatic heterocycles. The quantitative estimate of drug-likeness (QED) is 0.881. The van der Waals surface area contributed by atoms with Crippen LogP contribution in [0.4, 0.5) is 4.39 Å². The van der Waals surface area contributed by atoms with Gasteiger partial charge in [-0.05, 0) is 39.8 Å². The standard InChI is InChI=1S/C15H21ClFNO/c1-14(2)8-11(9-15(3,4)18-14)19-10-5-6-13(17)12(16)7-10/h5-7,11,18H,8-9H2,1-4H3. The molecule has 1 aliphatic rings. The van der Waals surface area contributed by atoms with Gasteiger partial charge in [0, 0.05) is 30.0 Å². The summed E-state index contributed by atoms with van der Waals surface area (Å²) in [7, 11) is 0. The largest absolute Gasteiger partial charge is 0.490 e. The van der Waals surface area contributed by atoms with E-state index in [2.05, 4.69) is 33.0 Å². The van der Waals surface area contributed by atoms with Crippen LogP contribution >= 0.6 is 11.6 Å². The molecule has 106 valence electrons. The lowest BCUT2D eigenvalue weighted by molar-refractivity contribution is 0.0559. The normalized spacial score (nSPS) is 22.2. The zero-order valence-electron chi connectivity index (χ0n) is 11.9. The number of hydrogen-bond donors (Lipinski definition) is 1. The van der Waals surface area contributed by atoms with Crippen LogP contribution in [0, 0.1) is 5.82 Å². The van der Waals surface area contributed by atoms with Gasteiger partial charge in [0.1, 0.15) is 17.7 Å². The van der Waals surface area contributed by atoms with E-state index in [1.807, 2.05) is 0 Å². The first-order valence-corrected chi connectivity index (χ1v) is 6.96. The minimum absolute atomic E-state index is 0.0240. The summed E-state index contributed by atoms with van der Waals surface area (Å²) in [6.07, 6.45) is 1.92. The van der Waals surface area contributed by atoms with Gasteiger partial charge in [0.25, 0.3) is 0 Å². The summed E-state index contributed by atoms with van der Waals surface area (Å²) in [6.45, 7) is 8.67. The van der Waals surface area contributed by atoms with Crippen LogP contribution < -0.4 is 10.1 Å². The van der Waals surface area contributed by atoms with Gasteiger partial charge in [-0.25, -0.2) is 4.39 Å². The molecule has 0 aliphatic carbocycles. The minimum atomic E-state index is -0.417. The number of rotatable bonds is 2. The monoisotopic (exact) mass is 285 g/mol. The Hall–Kier alpha value is -0.800. The van der Waals surface area contributed by atoms with E-state index in [-0.39, 0.29) is 22.2 Å². The summed E-state index contributed by atoms with van der Waals surface area (Å²) >= 11 is 5.78. The van der Waals surface area contributed by atoms with E-state index in [1.54, 1.807) is 12.1 Å². The second kappa shape index (κ2) is 4.95. The first-order valence-electron chi connectivity index (χ1n) is 6.58. The van der Waals surface area contributed by atoms with Gasteiger partial charge in [-0.1, -0.05) is 11.6 Å². The molecule has 4 heteroatoms. The molecule has 0 bridgehead atoms. The molecule has 1 aromatic carbocycles. The van der Waals surface area contributed by atoms with Gasteiger partial charge in [0.05, 0.1) is 5.02 Å². The smallest absolute Gasteiger partial charge is 0.142 e. The van der Waals surface area contributed by atoms with Crippen LogP contribution in [-0.4, -0.2) is 17.2 Å². The topological polar surface area (TPSA) is 21.3 Å². The lowest BCUT2D eigenvalue weighted by Gasteiger charge is -2.46. The molecule has 1 heterocycles. The Morgan fingerprint density at radius 1 is 1.21 bits per heavy atom. The van der Waals surface area contributed by atoms with Crippen molar-refractivity contribution in [2.45, 2.75) is 57.7 Å². The molecule has 1 aromatic rings. The van der Waals surface area contributed by atoms with Crippen molar-refractivity contribution in [3.63, 3.8) is 0 Å². The van der Waals surface area contributed by atoms with Crippen molar-refractivity contribution in [3.05, 3.63) is 29.0 Å². The van der Waals surface area contributed by atoms with Crippen molar-refractivity contribution in [1.82, 2.24) is 5.32 Å². The van der Waals surface area contributed by atoms with Crippen LogP contribution in [0.2, 0.25) is 5.02 Å². The summed E-state index contributed by atoms with van der Waals surface area (Å²) in [4.78, 5) is 0. The third-order valence-electron chi connectivity index (χ3n) is 3.35. The fourth-order valence-corrected chi connectivity index (χ4v) is 3.23. The molecule has 1 fully saturated rings. The predicted molar refractivity (Wildman–Crippen MR) is 76.4 cm³/mol.